The van der Waals surface area contributed by atoms with Crippen LogP contribution in [0.15, 0.2) is 64.3 Å². The lowest BCUT2D eigenvalue weighted by Crippen LogP contribution is -2.34. The van der Waals surface area contributed by atoms with Crippen molar-refractivity contribution < 1.29 is 9.59 Å². The van der Waals surface area contributed by atoms with Crippen LogP contribution in [0.4, 0.5) is 5.69 Å². The molecule has 4 aromatic rings. The number of nitrogens with one attached hydrogen (secondary N) is 2. The molecule has 0 unspecified atom stereocenters. The van der Waals surface area contributed by atoms with Gasteiger partial charge in [0.2, 0.25) is 5.91 Å². The van der Waals surface area contributed by atoms with Gasteiger partial charge in [0.05, 0.1) is 16.8 Å². The molecule has 4 rings (SSSR count). The number of anilines is 1. The monoisotopic (exact) mass is 417 g/mol. The van der Waals surface area contributed by atoms with Crippen molar-refractivity contribution in [1.29, 1.82) is 0 Å². The maximum Gasteiger partial charge on any atom is 0.333 e. The van der Waals surface area contributed by atoms with Crippen molar-refractivity contribution in [2.75, 3.05) is 5.32 Å². The number of nitrogens with two attached hydrogens (primary N) is 1. The zero-order valence-electron chi connectivity index (χ0n) is 16.8. The number of hydrogen-bond acceptors (Lipinski definition) is 4. The number of primary amides is 1. The number of nitrogens with zero attached hydrogens (tertiary/aromatic N) is 2. The van der Waals surface area contributed by atoms with Crippen molar-refractivity contribution in [3.8, 4) is 5.69 Å². The lowest BCUT2D eigenvalue weighted by atomic mass is 10.2. The number of amides is 2. The zero-order chi connectivity index (χ0) is 22.3. The molecule has 0 saturated heterocycles. The molecule has 0 atom stereocenters. The first-order chi connectivity index (χ1) is 14.8. The third-order valence-electron chi connectivity index (χ3n) is 4.99. The SMILES string of the molecule is Cc1ccc(-n2c(=O)[nH]c3c(C(=O)Nc4ccc(C(N)=O)cc4)cn(C)c3c2=O)cc1. The predicted octanol–water partition coefficient (Wildman–Crippen LogP) is 1.68. The summed E-state index contributed by atoms with van der Waals surface area (Å²) < 4.78 is 2.54. The van der Waals surface area contributed by atoms with Crippen LogP contribution in [-0.4, -0.2) is 25.9 Å². The molecule has 0 saturated carbocycles. The number of benzene rings is 2. The fraction of sp³-hybridized carbons (Fsp3) is 0.0909. The highest BCUT2D eigenvalue weighted by molar-refractivity contribution is 6.11. The number of hydrogen-bond donors (Lipinski definition) is 3. The van der Waals surface area contributed by atoms with Crippen LogP contribution < -0.4 is 22.3 Å². The average Bonchev–Trinajstić information content (AvgIpc) is 3.06. The van der Waals surface area contributed by atoms with Gasteiger partial charge < -0.3 is 20.6 Å². The molecule has 2 heterocycles. The predicted molar refractivity (Wildman–Crippen MR) is 117 cm³/mol. The van der Waals surface area contributed by atoms with E-state index in [1.165, 1.54) is 35.0 Å². The number of aryl methyl sites for hydroxylation is 2. The van der Waals surface area contributed by atoms with E-state index in [2.05, 4.69) is 10.3 Å². The van der Waals surface area contributed by atoms with Crippen molar-refractivity contribution in [2.45, 2.75) is 6.92 Å². The lowest BCUT2D eigenvalue weighted by Gasteiger charge is -2.07. The van der Waals surface area contributed by atoms with Crippen molar-refractivity contribution in [2.24, 2.45) is 12.8 Å². The van der Waals surface area contributed by atoms with E-state index in [9.17, 15) is 19.2 Å². The van der Waals surface area contributed by atoms with E-state index >= 15 is 0 Å². The molecule has 156 valence electrons. The Kier molecular flexibility index (Phi) is 4.78. The van der Waals surface area contributed by atoms with Crippen LogP contribution in [0.1, 0.15) is 26.3 Å². The summed E-state index contributed by atoms with van der Waals surface area (Å²) >= 11 is 0. The standard InChI is InChI=1S/C22H19N5O4/c1-12-3-9-15(10-4-12)27-21(30)18-17(25-22(27)31)16(11-26(18)2)20(29)24-14-7-5-13(6-8-14)19(23)28/h3-11H,1-2H3,(H2,23,28)(H,24,29)(H,25,31). The highest BCUT2D eigenvalue weighted by Gasteiger charge is 2.20. The molecule has 9 heteroatoms. The van der Waals surface area contributed by atoms with Crippen LogP contribution in [0.2, 0.25) is 0 Å². The molecule has 0 fully saturated rings. The summed E-state index contributed by atoms with van der Waals surface area (Å²) in [5, 5.41) is 2.69. The first kappa shape index (κ1) is 19.9. The van der Waals surface area contributed by atoms with Crippen LogP contribution in [-0.2, 0) is 7.05 Å². The molecule has 0 aliphatic rings. The van der Waals surface area contributed by atoms with E-state index in [1.54, 1.807) is 31.3 Å². The topological polar surface area (TPSA) is 132 Å². The zero-order valence-corrected chi connectivity index (χ0v) is 16.8. The fourth-order valence-corrected chi connectivity index (χ4v) is 3.39. The van der Waals surface area contributed by atoms with Crippen LogP contribution in [0.3, 0.4) is 0 Å². The molecule has 2 amide bonds. The normalized spacial score (nSPS) is 10.9. The van der Waals surface area contributed by atoms with Gasteiger partial charge in [-0.25, -0.2) is 9.36 Å². The van der Waals surface area contributed by atoms with Gasteiger partial charge in [-0.2, -0.15) is 0 Å². The molecule has 4 N–H and O–H groups in total. The second-order valence-corrected chi connectivity index (χ2v) is 7.18. The van der Waals surface area contributed by atoms with Gasteiger partial charge in [-0.05, 0) is 43.3 Å². The van der Waals surface area contributed by atoms with Gasteiger partial charge in [0.15, 0.2) is 0 Å². The first-order valence-corrected chi connectivity index (χ1v) is 9.39. The molecule has 9 nitrogen and oxygen atoms in total. The van der Waals surface area contributed by atoms with E-state index in [-0.39, 0.29) is 16.6 Å². The summed E-state index contributed by atoms with van der Waals surface area (Å²) in [7, 11) is 1.62. The van der Waals surface area contributed by atoms with Gasteiger partial charge in [-0.15, -0.1) is 0 Å². The van der Waals surface area contributed by atoms with Crippen LogP contribution in [0, 0.1) is 6.92 Å². The number of rotatable bonds is 4. The molecule has 0 bridgehead atoms. The quantitative estimate of drug-likeness (QED) is 0.466. The third-order valence-corrected chi connectivity index (χ3v) is 4.99. The van der Waals surface area contributed by atoms with Crippen molar-refractivity contribution in [3.63, 3.8) is 0 Å². The Bertz CT molecular complexity index is 1440. The summed E-state index contributed by atoms with van der Waals surface area (Å²) in [6.07, 6.45) is 1.48. The van der Waals surface area contributed by atoms with Gasteiger partial charge in [0, 0.05) is 24.5 Å². The summed E-state index contributed by atoms with van der Waals surface area (Å²) in [5.74, 6) is -1.09. The van der Waals surface area contributed by atoms with Crippen LogP contribution in [0.5, 0.6) is 0 Å². The number of aromatic amines is 1. The molecular formula is C22H19N5O4. The van der Waals surface area contributed by atoms with E-state index < -0.39 is 23.1 Å². The molecular weight excluding hydrogens is 398 g/mol. The highest BCUT2D eigenvalue weighted by atomic mass is 16.2. The van der Waals surface area contributed by atoms with E-state index in [1.807, 2.05) is 6.92 Å². The van der Waals surface area contributed by atoms with Gasteiger partial charge in [-0.3, -0.25) is 14.4 Å². The molecule has 0 aliphatic carbocycles. The Labute approximate surface area is 175 Å². The largest absolute Gasteiger partial charge is 0.366 e. The maximum absolute atomic E-state index is 13.1. The van der Waals surface area contributed by atoms with Crippen molar-refractivity contribution >= 4 is 28.5 Å². The van der Waals surface area contributed by atoms with E-state index in [4.69, 9.17) is 5.73 Å². The van der Waals surface area contributed by atoms with Gasteiger partial charge >= 0.3 is 5.69 Å². The van der Waals surface area contributed by atoms with Crippen LogP contribution >= 0.6 is 0 Å². The molecule has 0 spiro atoms. The molecule has 31 heavy (non-hydrogen) atoms. The smallest absolute Gasteiger partial charge is 0.333 e. The Balaban J connectivity index is 1.77. The minimum Gasteiger partial charge on any atom is -0.366 e. The Morgan fingerprint density at radius 2 is 1.65 bits per heavy atom. The maximum atomic E-state index is 13.1. The van der Waals surface area contributed by atoms with Gasteiger partial charge in [0.25, 0.3) is 11.5 Å². The van der Waals surface area contributed by atoms with Gasteiger partial charge in [0.1, 0.15) is 5.52 Å². The molecule has 0 aliphatic heterocycles. The molecule has 2 aromatic carbocycles. The third kappa shape index (κ3) is 3.52. The minimum atomic E-state index is -0.646. The Hall–Kier alpha value is -4.40. The number of fused-ring (bicyclic) bond motifs is 1. The number of aromatic nitrogens is 3. The van der Waals surface area contributed by atoms with E-state index in [0.29, 0.717) is 16.9 Å². The van der Waals surface area contributed by atoms with Gasteiger partial charge in [-0.1, -0.05) is 17.7 Å². The van der Waals surface area contributed by atoms with Crippen LogP contribution in [0.25, 0.3) is 16.7 Å². The summed E-state index contributed by atoms with van der Waals surface area (Å²) in [6.45, 7) is 1.91. The van der Waals surface area contributed by atoms with Crippen molar-refractivity contribution in [1.82, 2.24) is 14.1 Å². The van der Waals surface area contributed by atoms with Crippen molar-refractivity contribution in [3.05, 3.63) is 92.3 Å². The Morgan fingerprint density at radius 1 is 1.00 bits per heavy atom. The van der Waals surface area contributed by atoms with E-state index in [0.717, 1.165) is 10.1 Å². The summed E-state index contributed by atoms with van der Waals surface area (Å²) in [5.41, 5.74) is 6.68. The molecule has 2 aromatic heterocycles. The second-order valence-electron chi connectivity index (χ2n) is 7.18. The summed E-state index contributed by atoms with van der Waals surface area (Å²) in [6, 6.07) is 13.0. The highest BCUT2D eigenvalue weighted by Crippen LogP contribution is 2.18. The number of H-pyrrole nitrogens is 1. The number of carbonyl (C=O) groups is 2. The fourth-order valence-electron chi connectivity index (χ4n) is 3.39. The summed E-state index contributed by atoms with van der Waals surface area (Å²) in [4.78, 5) is 52.5. The second kappa shape index (κ2) is 7.45. The number of carbonyl (C=O) groups excluding carboxylic acids is 2. The lowest BCUT2D eigenvalue weighted by molar-refractivity contribution is 0.0998. The Morgan fingerprint density at radius 3 is 2.26 bits per heavy atom. The minimum absolute atomic E-state index is 0.140. The first-order valence-electron chi connectivity index (χ1n) is 9.39. The molecule has 0 radical (unpaired) electrons. The average molecular weight is 417 g/mol.